The summed E-state index contributed by atoms with van der Waals surface area (Å²) in [6.07, 6.45) is 2.97. The van der Waals surface area contributed by atoms with Gasteiger partial charge in [-0.15, -0.1) is 0 Å². The number of phenols is 1. The third-order valence-corrected chi connectivity index (χ3v) is 3.41. The van der Waals surface area contributed by atoms with Gasteiger partial charge in [-0.05, 0) is 44.1 Å². The molecule has 0 aliphatic rings. The molecular formula is C14H20N2O. The lowest BCUT2D eigenvalue weighted by molar-refractivity contribution is 0.358. The van der Waals surface area contributed by atoms with Gasteiger partial charge in [-0.1, -0.05) is 13.0 Å². The molecule has 2 rings (SSSR count). The maximum Gasteiger partial charge on any atom is 0.125 e. The molecule has 0 spiro atoms. The Balaban J connectivity index is 2.32. The van der Waals surface area contributed by atoms with Crippen LogP contribution in [-0.2, 0) is 6.42 Å². The molecule has 3 nitrogen and oxygen atoms in total. The molecule has 0 saturated carbocycles. The van der Waals surface area contributed by atoms with E-state index in [1.54, 1.807) is 6.07 Å². The summed E-state index contributed by atoms with van der Waals surface area (Å²) in [5, 5.41) is 10.9. The average Bonchev–Trinajstić information content (AvgIpc) is 2.76. The van der Waals surface area contributed by atoms with E-state index in [0.717, 1.165) is 30.4 Å². The normalized spacial score (nSPS) is 11.5. The summed E-state index contributed by atoms with van der Waals surface area (Å²) in [7, 11) is 2.11. The number of fused-ring (bicyclic) bond motifs is 1. The highest BCUT2D eigenvalue weighted by atomic mass is 16.3. The molecule has 3 heteroatoms. The van der Waals surface area contributed by atoms with Gasteiger partial charge in [-0.25, -0.2) is 0 Å². The smallest absolute Gasteiger partial charge is 0.125 e. The van der Waals surface area contributed by atoms with Crippen molar-refractivity contribution in [1.82, 2.24) is 9.88 Å². The average molecular weight is 232 g/mol. The van der Waals surface area contributed by atoms with Crippen LogP contribution in [0.2, 0.25) is 0 Å². The molecule has 2 aromatic rings. The van der Waals surface area contributed by atoms with Crippen molar-refractivity contribution in [1.29, 1.82) is 0 Å². The second kappa shape index (κ2) is 4.80. The van der Waals surface area contributed by atoms with Crippen LogP contribution in [-0.4, -0.2) is 35.1 Å². The molecule has 0 aliphatic heterocycles. The summed E-state index contributed by atoms with van der Waals surface area (Å²) >= 11 is 0. The van der Waals surface area contributed by atoms with Crippen LogP contribution >= 0.6 is 0 Å². The highest BCUT2D eigenvalue weighted by Crippen LogP contribution is 2.30. The standard InChI is InChI=1S/C14H20N2O/c1-4-16(3)8-7-11-9-15-14-10(2)5-6-12(17)13(11)14/h5-6,9,15,17H,4,7-8H2,1-3H3. The fraction of sp³-hybridized carbons (Fsp3) is 0.429. The van der Waals surface area contributed by atoms with E-state index < -0.39 is 0 Å². The first-order valence-corrected chi connectivity index (χ1v) is 6.10. The van der Waals surface area contributed by atoms with Crippen molar-refractivity contribution in [2.24, 2.45) is 0 Å². The van der Waals surface area contributed by atoms with Crippen LogP contribution in [0.5, 0.6) is 5.75 Å². The van der Waals surface area contributed by atoms with E-state index in [1.165, 1.54) is 11.1 Å². The Labute approximate surface area is 102 Å². The van der Waals surface area contributed by atoms with Gasteiger partial charge >= 0.3 is 0 Å². The molecule has 0 atom stereocenters. The van der Waals surface area contributed by atoms with Crippen molar-refractivity contribution in [3.8, 4) is 5.75 Å². The number of aromatic amines is 1. The predicted molar refractivity (Wildman–Crippen MR) is 71.6 cm³/mol. The van der Waals surface area contributed by atoms with E-state index in [9.17, 15) is 5.11 Å². The molecule has 0 aliphatic carbocycles. The summed E-state index contributed by atoms with van der Waals surface area (Å²) in [5.74, 6) is 0.376. The molecule has 92 valence electrons. The molecule has 0 amide bonds. The summed E-state index contributed by atoms with van der Waals surface area (Å²) in [5.41, 5.74) is 3.42. The van der Waals surface area contributed by atoms with Gasteiger partial charge in [0.25, 0.3) is 0 Å². The molecule has 17 heavy (non-hydrogen) atoms. The minimum absolute atomic E-state index is 0.376. The van der Waals surface area contributed by atoms with Crippen molar-refractivity contribution in [2.45, 2.75) is 20.3 Å². The molecule has 1 aromatic heterocycles. The van der Waals surface area contributed by atoms with E-state index in [2.05, 4.69) is 30.8 Å². The second-order valence-electron chi connectivity index (χ2n) is 4.61. The molecule has 0 bridgehead atoms. The highest BCUT2D eigenvalue weighted by molar-refractivity contribution is 5.91. The maximum absolute atomic E-state index is 9.95. The van der Waals surface area contributed by atoms with Crippen LogP contribution in [0.25, 0.3) is 10.9 Å². The predicted octanol–water partition coefficient (Wildman–Crippen LogP) is 2.68. The van der Waals surface area contributed by atoms with Gasteiger partial charge in [-0.2, -0.15) is 0 Å². The summed E-state index contributed by atoms with van der Waals surface area (Å²) in [6.45, 7) is 6.27. The number of phenolic OH excluding ortho intramolecular Hbond substituents is 1. The van der Waals surface area contributed by atoms with Gasteiger partial charge in [0.05, 0.1) is 5.52 Å². The number of likely N-dealkylation sites (N-methyl/N-ethyl adjacent to an activating group) is 1. The van der Waals surface area contributed by atoms with Crippen LogP contribution in [0.4, 0.5) is 0 Å². The molecule has 0 fully saturated rings. The van der Waals surface area contributed by atoms with Gasteiger partial charge in [0.15, 0.2) is 0 Å². The SMILES string of the molecule is CCN(C)CCc1c[nH]c2c(C)ccc(O)c12. The fourth-order valence-electron chi connectivity index (χ4n) is 2.10. The summed E-state index contributed by atoms with van der Waals surface area (Å²) in [6, 6.07) is 3.72. The number of rotatable bonds is 4. The van der Waals surface area contributed by atoms with Crippen molar-refractivity contribution in [2.75, 3.05) is 20.1 Å². The number of hydrogen-bond donors (Lipinski definition) is 2. The third-order valence-electron chi connectivity index (χ3n) is 3.41. The van der Waals surface area contributed by atoms with E-state index in [0.29, 0.717) is 5.75 Å². The van der Waals surface area contributed by atoms with Crippen molar-refractivity contribution >= 4 is 10.9 Å². The topological polar surface area (TPSA) is 39.3 Å². The monoisotopic (exact) mass is 232 g/mol. The van der Waals surface area contributed by atoms with Crippen molar-refractivity contribution in [3.63, 3.8) is 0 Å². The van der Waals surface area contributed by atoms with Crippen molar-refractivity contribution < 1.29 is 5.11 Å². The van der Waals surface area contributed by atoms with Gasteiger partial charge in [0.1, 0.15) is 5.75 Å². The number of nitrogens with one attached hydrogen (secondary N) is 1. The Hall–Kier alpha value is -1.48. The Morgan fingerprint density at radius 1 is 1.35 bits per heavy atom. The van der Waals surface area contributed by atoms with E-state index >= 15 is 0 Å². The fourth-order valence-corrected chi connectivity index (χ4v) is 2.10. The molecule has 0 unspecified atom stereocenters. The Morgan fingerprint density at radius 2 is 2.12 bits per heavy atom. The number of nitrogens with zero attached hydrogens (tertiary/aromatic N) is 1. The molecule has 0 saturated heterocycles. The number of aromatic hydroxyl groups is 1. The lowest BCUT2D eigenvalue weighted by atomic mass is 10.1. The molecule has 2 N–H and O–H groups in total. The minimum atomic E-state index is 0.376. The third kappa shape index (κ3) is 2.29. The van der Waals surface area contributed by atoms with Gasteiger partial charge in [0.2, 0.25) is 0 Å². The zero-order chi connectivity index (χ0) is 12.4. The molecule has 1 heterocycles. The maximum atomic E-state index is 9.95. The largest absolute Gasteiger partial charge is 0.507 e. The van der Waals surface area contributed by atoms with Gasteiger partial charge in [0, 0.05) is 18.1 Å². The zero-order valence-electron chi connectivity index (χ0n) is 10.7. The van der Waals surface area contributed by atoms with Crippen LogP contribution in [0.1, 0.15) is 18.1 Å². The first kappa shape index (κ1) is 12.0. The number of aryl methyl sites for hydroxylation is 1. The van der Waals surface area contributed by atoms with Crippen LogP contribution in [0, 0.1) is 6.92 Å². The zero-order valence-corrected chi connectivity index (χ0v) is 10.7. The van der Waals surface area contributed by atoms with Gasteiger partial charge in [-0.3, -0.25) is 0 Å². The number of H-pyrrole nitrogens is 1. The minimum Gasteiger partial charge on any atom is -0.507 e. The highest BCUT2D eigenvalue weighted by Gasteiger charge is 2.10. The lowest BCUT2D eigenvalue weighted by Gasteiger charge is -2.13. The quantitative estimate of drug-likeness (QED) is 0.850. The van der Waals surface area contributed by atoms with E-state index in [-0.39, 0.29) is 0 Å². The van der Waals surface area contributed by atoms with Crippen LogP contribution in [0.15, 0.2) is 18.3 Å². The van der Waals surface area contributed by atoms with E-state index in [4.69, 9.17) is 0 Å². The number of benzene rings is 1. The molecule has 1 aromatic carbocycles. The first-order valence-electron chi connectivity index (χ1n) is 6.10. The number of aromatic nitrogens is 1. The summed E-state index contributed by atoms with van der Waals surface area (Å²) < 4.78 is 0. The lowest BCUT2D eigenvalue weighted by Crippen LogP contribution is -2.20. The second-order valence-corrected chi connectivity index (χ2v) is 4.61. The number of hydrogen-bond acceptors (Lipinski definition) is 2. The Kier molecular flexibility index (Phi) is 3.38. The van der Waals surface area contributed by atoms with Crippen molar-refractivity contribution in [3.05, 3.63) is 29.5 Å². The summed E-state index contributed by atoms with van der Waals surface area (Å²) in [4.78, 5) is 5.53. The first-order chi connectivity index (χ1) is 8.13. The Morgan fingerprint density at radius 3 is 2.82 bits per heavy atom. The van der Waals surface area contributed by atoms with Crippen LogP contribution in [0.3, 0.4) is 0 Å². The molecule has 0 radical (unpaired) electrons. The van der Waals surface area contributed by atoms with Gasteiger partial charge < -0.3 is 15.0 Å². The Bertz CT molecular complexity index is 516. The molecular weight excluding hydrogens is 212 g/mol. The van der Waals surface area contributed by atoms with E-state index in [1.807, 2.05) is 12.3 Å². The van der Waals surface area contributed by atoms with Crippen LogP contribution < -0.4 is 0 Å².